The number of nitrogens with one attached hydrogen (secondary N) is 2. The number of benzene rings is 2. The van der Waals surface area contributed by atoms with Crippen molar-refractivity contribution in [2.45, 2.75) is 0 Å². The minimum absolute atomic E-state index is 0.0108. The second-order valence-corrected chi connectivity index (χ2v) is 4.91. The van der Waals surface area contributed by atoms with Gasteiger partial charge in [-0.25, -0.2) is 4.79 Å². The Bertz CT molecular complexity index is 993. The molecule has 0 aliphatic rings. The summed E-state index contributed by atoms with van der Waals surface area (Å²) < 4.78 is 5.06. The predicted molar refractivity (Wildman–Crippen MR) is 85.5 cm³/mol. The molecule has 0 aliphatic carbocycles. The van der Waals surface area contributed by atoms with E-state index >= 15 is 0 Å². The zero-order valence-electron chi connectivity index (χ0n) is 12.3. The number of hydrazine groups is 1. The van der Waals surface area contributed by atoms with Crippen LogP contribution in [0.5, 0.6) is 5.75 Å². The van der Waals surface area contributed by atoms with Crippen LogP contribution < -0.4 is 16.5 Å². The Morgan fingerprint density at radius 2 is 1.50 bits per heavy atom. The Morgan fingerprint density at radius 1 is 0.875 bits per heavy atom. The molecule has 0 atom stereocenters. The maximum absolute atomic E-state index is 12.1. The summed E-state index contributed by atoms with van der Waals surface area (Å²) in [5.41, 5.74) is 3.54. The van der Waals surface area contributed by atoms with Crippen molar-refractivity contribution in [3.8, 4) is 5.75 Å². The third kappa shape index (κ3) is 2.95. The van der Waals surface area contributed by atoms with Crippen molar-refractivity contribution in [1.82, 2.24) is 10.9 Å². The molecule has 0 fully saturated rings. The molecular formula is C17H12N2O5. The number of hydrogen-bond donors (Lipinski definition) is 3. The van der Waals surface area contributed by atoms with Crippen LogP contribution in [-0.4, -0.2) is 16.9 Å². The van der Waals surface area contributed by atoms with Crippen molar-refractivity contribution in [3.05, 3.63) is 76.1 Å². The van der Waals surface area contributed by atoms with E-state index in [1.54, 1.807) is 36.4 Å². The molecule has 0 bridgehead atoms. The van der Waals surface area contributed by atoms with Crippen molar-refractivity contribution in [2.24, 2.45) is 0 Å². The van der Waals surface area contributed by atoms with Crippen LogP contribution in [0, 0.1) is 0 Å². The minimum Gasteiger partial charge on any atom is -0.507 e. The van der Waals surface area contributed by atoms with Gasteiger partial charge in [-0.15, -0.1) is 0 Å². The molecule has 2 amide bonds. The van der Waals surface area contributed by atoms with Crippen molar-refractivity contribution in [3.63, 3.8) is 0 Å². The lowest BCUT2D eigenvalue weighted by Crippen LogP contribution is -2.43. The lowest BCUT2D eigenvalue weighted by atomic mass is 10.2. The fourth-order valence-corrected chi connectivity index (χ4v) is 2.13. The molecule has 7 heteroatoms. The average molecular weight is 324 g/mol. The Kier molecular flexibility index (Phi) is 3.98. The van der Waals surface area contributed by atoms with E-state index in [1.807, 2.05) is 0 Å². The van der Waals surface area contributed by atoms with Gasteiger partial charge < -0.3 is 9.52 Å². The highest BCUT2D eigenvalue weighted by Crippen LogP contribution is 2.15. The third-order valence-corrected chi connectivity index (χ3v) is 3.32. The highest BCUT2D eigenvalue weighted by molar-refractivity contribution is 6.01. The number of carbonyl (C=O) groups is 2. The van der Waals surface area contributed by atoms with Crippen molar-refractivity contribution >= 4 is 22.8 Å². The molecule has 0 radical (unpaired) electrons. The molecule has 1 aromatic heterocycles. The van der Waals surface area contributed by atoms with Crippen LogP contribution in [0.4, 0.5) is 0 Å². The molecule has 0 saturated carbocycles. The molecular weight excluding hydrogens is 312 g/mol. The number of amides is 2. The summed E-state index contributed by atoms with van der Waals surface area (Å²) in [6, 6.07) is 14.0. The molecule has 0 unspecified atom stereocenters. The molecule has 0 saturated heterocycles. The lowest BCUT2D eigenvalue weighted by Gasteiger charge is -2.08. The Labute approximate surface area is 135 Å². The topological polar surface area (TPSA) is 109 Å². The van der Waals surface area contributed by atoms with E-state index in [2.05, 4.69) is 10.9 Å². The molecule has 0 spiro atoms. The lowest BCUT2D eigenvalue weighted by molar-refractivity contribution is 0.0843. The summed E-state index contributed by atoms with van der Waals surface area (Å²) in [6.07, 6.45) is 0. The normalized spacial score (nSPS) is 10.3. The van der Waals surface area contributed by atoms with Crippen LogP contribution in [0.25, 0.3) is 11.0 Å². The van der Waals surface area contributed by atoms with Crippen molar-refractivity contribution < 1.29 is 19.1 Å². The first kappa shape index (κ1) is 15.3. The molecule has 1 heterocycles. The number of phenolic OH excluding ortho intramolecular Hbond substituents is 1. The first-order valence-corrected chi connectivity index (χ1v) is 6.98. The van der Waals surface area contributed by atoms with Crippen LogP contribution in [-0.2, 0) is 0 Å². The molecule has 0 aliphatic heterocycles. The van der Waals surface area contributed by atoms with Gasteiger partial charge in [0.2, 0.25) is 0 Å². The summed E-state index contributed by atoms with van der Waals surface area (Å²) >= 11 is 0. The van der Waals surface area contributed by atoms with Gasteiger partial charge in [-0.05, 0) is 24.3 Å². The average Bonchev–Trinajstić information content (AvgIpc) is 2.59. The fourth-order valence-electron chi connectivity index (χ4n) is 2.13. The monoisotopic (exact) mass is 324 g/mol. The van der Waals surface area contributed by atoms with E-state index in [9.17, 15) is 19.5 Å². The minimum atomic E-state index is -0.821. The van der Waals surface area contributed by atoms with E-state index in [0.717, 1.165) is 0 Å². The van der Waals surface area contributed by atoms with Gasteiger partial charge >= 0.3 is 5.63 Å². The van der Waals surface area contributed by atoms with E-state index in [4.69, 9.17) is 4.42 Å². The molecule has 2 aromatic carbocycles. The Balaban J connectivity index is 1.78. The van der Waals surface area contributed by atoms with E-state index in [0.29, 0.717) is 11.0 Å². The number of fused-ring (bicyclic) bond motifs is 1. The van der Waals surface area contributed by atoms with Gasteiger partial charge in [-0.1, -0.05) is 30.3 Å². The van der Waals surface area contributed by atoms with E-state index < -0.39 is 17.4 Å². The van der Waals surface area contributed by atoms with Gasteiger partial charge in [0.05, 0.1) is 5.56 Å². The van der Waals surface area contributed by atoms with Crippen LogP contribution in [0.3, 0.4) is 0 Å². The SMILES string of the molecule is O=C(NNC(=O)c1cc2ccccc2oc1=O)c1ccccc1O. The zero-order chi connectivity index (χ0) is 17.1. The summed E-state index contributed by atoms with van der Waals surface area (Å²) in [5.74, 6) is -1.76. The molecule has 120 valence electrons. The number of phenols is 1. The molecule has 24 heavy (non-hydrogen) atoms. The summed E-state index contributed by atoms with van der Waals surface area (Å²) in [4.78, 5) is 35.9. The van der Waals surface area contributed by atoms with Crippen molar-refractivity contribution in [2.75, 3.05) is 0 Å². The molecule has 7 nitrogen and oxygen atoms in total. The van der Waals surface area contributed by atoms with Crippen LogP contribution >= 0.6 is 0 Å². The van der Waals surface area contributed by atoms with Gasteiger partial charge in [0, 0.05) is 5.39 Å². The summed E-state index contributed by atoms with van der Waals surface area (Å²) in [6.45, 7) is 0. The number of rotatable bonds is 2. The van der Waals surface area contributed by atoms with E-state index in [-0.39, 0.29) is 16.9 Å². The Hall–Kier alpha value is -3.61. The Morgan fingerprint density at radius 3 is 2.25 bits per heavy atom. The van der Waals surface area contributed by atoms with Gasteiger partial charge in [0.25, 0.3) is 11.8 Å². The van der Waals surface area contributed by atoms with Crippen molar-refractivity contribution in [1.29, 1.82) is 0 Å². The van der Waals surface area contributed by atoms with E-state index in [1.165, 1.54) is 18.2 Å². The number of para-hydroxylation sites is 2. The molecule has 3 aromatic rings. The highest BCUT2D eigenvalue weighted by atomic mass is 16.4. The smallest absolute Gasteiger partial charge is 0.349 e. The highest BCUT2D eigenvalue weighted by Gasteiger charge is 2.16. The van der Waals surface area contributed by atoms with Gasteiger partial charge in [-0.3, -0.25) is 20.4 Å². The second kappa shape index (κ2) is 6.25. The molecule has 3 N–H and O–H groups in total. The quantitative estimate of drug-likeness (QED) is 0.490. The standard InChI is InChI=1S/C17H12N2O5/c20-13-7-3-2-6-11(13)15(21)18-19-16(22)12-9-10-5-1-4-8-14(10)24-17(12)23/h1-9,20H,(H,18,21)(H,19,22). The second-order valence-electron chi connectivity index (χ2n) is 4.91. The zero-order valence-corrected chi connectivity index (χ0v) is 12.3. The number of hydrogen-bond acceptors (Lipinski definition) is 5. The first-order valence-electron chi connectivity index (χ1n) is 6.98. The number of carbonyl (C=O) groups excluding carboxylic acids is 2. The third-order valence-electron chi connectivity index (χ3n) is 3.32. The largest absolute Gasteiger partial charge is 0.507 e. The first-order chi connectivity index (χ1) is 11.6. The summed E-state index contributed by atoms with van der Waals surface area (Å²) in [7, 11) is 0. The van der Waals surface area contributed by atoms with Crippen LogP contribution in [0.15, 0.2) is 63.8 Å². The maximum Gasteiger partial charge on any atom is 0.349 e. The van der Waals surface area contributed by atoms with Crippen LogP contribution in [0.1, 0.15) is 20.7 Å². The predicted octanol–water partition coefficient (Wildman–Crippen LogP) is 1.57. The van der Waals surface area contributed by atoms with Gasteiger partial charge in [-0.2, -0.15) is 0 Å². The van der Waals surface area contributed by atoms with Gasteiger partial charge in [0.1, 0.15) is 16.9 Å². The van der Waals surface area contributed by atoms with Crippen LogP contribution in [0.2, 0.25) is 0 Å². The number of aromatic hydroxyl groups is 1. The van der Waals surface area contributed by atoms with Gasteiger partial charge in [0.15, 0.2) is 0 Å². The summed E-state index contributed by atoms with van der Waals surface area (Å²) in [5, 5.41) is 10.2. The molecule has 3 rings (SSSR count). The maximum atomic E-state index is 12.1. The fraction of sp³-hybridized carbons (Fsp3) is 0.